The van der Waals surface area contributed by atoms with E-state index in [4.69, 9.17) is 9.15 Å². The average Bonchev–Trinajstić information content (AvgIpc) is 2.86. The molecule has 0 bridgehead atoms. The smallest absolute Gasteiger partial charge is 0.231 e. The highest BCUT2D eigenvalue weighted by Crippen LogP contribution is 2.26. The number of benzene rings is 1. The van der Waals surface area contributed by atoms with E-state index < -0.39 is 0 Å². The van der Waals surface area contributed by atoms with Crippen LogP contribution in [0.1, 0.15) is 28.8 Å². The van der Waals surface area contributed by atoms with E-state index in [1.165, 1.54) is 7.11 Å². The summed E-state index contributed by atoms with van der Waals surface area (Å²) < 4.78 is 11.5. The van der Waals surface area contributed by atoms with Crippen LogP contribution in [-0.4, -0.2) is 12.9 Å². The molecule has 1 aromatic carbocycles. The predicted molar refractivity (Wildman–Crippen MR) is 72.2 cm³/mol. The topological polar surface area (TPSA) is 39.4 Å². The molecule has 0 unspecified atom stereocenters. The third-order valence-corrected chi connectivity index (χ3v) is 3.14. The lowest BCUT2D eigenvalue weighted by Crippen LogP contribution is -2.02. The van der Waals surface area contributed by atoms with Gasteiger partial charge in [-0.3, -0.25) is 4.79 Å². The van der Waals surface area contributed by atoms with Gasteiger partial charge < -0.3 is 9.15 Å². The van der Waals surface area contributed by atoms with Gasteiger partial charge in [0.2, 0.25) is 5.78 Å². The molecule has 0 fully saturated rings. The first-order valence-electron chi connectivity index (χ1n) is 5.62. The van der Waals surface area contributed by atoms with E-state index in [1.807, 2.05) is 13.0 Å². The summed E-state index contributed by atoms with van der Waals surface area (Å²) in [4.78, 5) is 12.3. The Morgan fingerprint density at radius 2 is 2.11 bits per heavy atom. The van der Waals surface area contributed by atoms with Gasteiger partial charge >= 0.3 is 0 Å². The summed E-state index contributed by atoms with van der Waals surface area (Å²) in [6.45, 7) is 1.98. The molecule has 0 saturated carbocycles. The normalized spacial score (nSPS) is 10.4. The van der Waals surface area contributed by atoms with Gasteiger partial charge in [-0.2, -0.15) is 0 Å². The van der Waals surface area contributed by atoms with Gasteiger partial charge in [-0.25, -0.2) is 0 Å². The van der Waals surface area contributed by atoms with Crippen molar-refractivity contribution in [2.75, 3.05) is 7.11 Å². The number of methoxy groups -OCH3 is 1. The Hall–Kier alpha value is -1.55. The van der Waals surface area contributed by atoms with E-state index in [2.05, 4.69) is 15.9 Å². The molecule has 0 spiro atoms. The first kappa shape index (κ1) is 12.9. The Kier molecular flexibility index (Phi) is 3.87. The number of aryl methyl sites for hydroxylation is 1. The first-order valence-corrected chi connectivity index (χ1v) is 6.42. The van der Waals surface area contributed by atoms with Gasteiger partial charge in [-0.1, -0.05) is 22.9 Å². The summed E-state index contributed by atoms with van der Waals surface area (Å²) in [5, 5.41) is 0. The second-order valence-corrected chi connectivity index (χ2v) is 4.71. The van der Waals surface area contributed by atoms with Gasteiger partial charge in [0.25, 0.3) is 0 Å². The Bertz CT molecular complexity index is 572. The minimum absolute atomic E-state index is 0.168. The fourth-order valence-electron chi connectivity index (χ4n) is 1.68. The van der Waals surface area contributed by atoms with Crippen molar-refractivity contribution in [2.45, 2.75) is 13.3 Å². The number of hydrogen-bond donors (Lipinski definition) is 0. The summed E-state index contributed by atoms with van der Waals surface area (Å²) in [6.07, 6.45) is 0.769. The molecule has 0 saturated heterocycles. The summed E-state index contributed by atoms with van der Waals surface area (Å²) in [5.74, 6) is 1.50. The molecular formula is C14H13BrO3. The van der Waals surface area contributed by atoms with Crippen molar-refractivity contribution in [3.8, 4) is 5.75 Å². The Morgan fingerprint density at radius 1 is 1.33 bits per heavy atom. The van der Waals surface area contributed by atoms with Gasteiger partial charge in [-0.15, -0.1) is 0 Å². The molecule has 18 heavy (non-hydrogen) atoms. The first-order chi connectivity index (χ1) is 8.65. The lowest BCUT2D eigenvalue weighted by Gasteiger charge is -2.06. The minimum atomic E-state index is -0.168. The van der Waals surface area contributed by atoms with E-state index in [-0.39, 0.29) is 5.78 Å². The van der Waals surface area contributed by atoms with Crippen molar-refractivity contribution in [2.24, 2.45) is 0 Å². The average molecular weight is 309 g/mol. The summed E-state index contributed by atoms with van der Waals surface area (Å²) >= 11 is 3.34. The summed E-state index contributed by atoms with van der Waals surface area (Å²) in [6, 6.07) is 8.80. The molecule has 4 heteroatoms. The molecule has 0 atom stereocenters. The second kappa shape index (κ2) is 5.40. The van der Waals surface area contributed by atoms with Crippen LogP contribution in [0.5, 0.6) is 5.75 Å². The summed E-state index contributed by atoms with van der Waals surface area (Å²) in [7, 11) is 1.54. The van der Waals surface area contributed by atoms with Crippen LogP contribution >= 0.6 is 15.9 Å². The molecule has 2 aromatic rings. The molecule has 1 heterocycles. The number of ketones is 1. The number of rotatable bonds is 4. The van der Waals surface area contributed by atoms with Crippen LogP contribution in [0.2, 0.25) is 0 Å². The van der Waals surface area contributed by atoms with Crippen LogP contribution < -0.4 is 4.74 Å². The van der Waals surface area contributed by atoms with Crippen molar-refractivity contribution in [3.05, 3.63) is 51.9 Å². The molecule has 1 aromatic heterocycles. The fourth-order valence-corrected chi connectivity index (χ4v) is 2.02. The zero-order chi connectivity index (χ0) is 13.1. The molecule has 0 radical (unpaired) electrons. The molecule has 0 amide bonds. The maximum absolute atomic E-state index is 12.3. The third kappa shape index (κ3) is 2.48. The lowest BCUT2D eigenvalue weighted by molar-refractivity contribution is 0.100. The number of furan rings is 1. The predicted octanol–water partition coefficient (Wildman–Crippen LogP) is 3.84. The maximum Gasteiger partial charge on any atom is 0.231 e. The highest BCUT2D eigenvalue weighted by Gasteiger charge is 2.17. The third-order valence-electron chi connectivity index (χ3n) is 2.64. The second-order valence-electron chi connectivity index (χ2n) is 3.79. The monoisotopic (exact) mass is 308 g/mol. The van der Waals surface area contributed by atoms with Gasteiger partial charge in [-0.05, 0) is 30.3 Å². The highest BCUT2D eigenvalue weighted by atomic mass is 79.9. The van der Waals surface area contributed by atoms with Crippen molar-refractivity contribution >= 4 is 21.7 Å². The van der Waals surface area contributed by atoms with Gasteiger partial charge in [0.15, 0.2) is 5.76 Å². The maximum atomic E-state index is 12.3. The lowest BCUT2D eigenvalue weighted by atomic mass is 10.1. The van der Waals surface area contributed by atoms with Gasteiger partial charge in [0.1, 0.15) is 11.5 Å². The molecule has 0 N–H and O–H groups in total. The number of carbonyl (C=O) groups excluding carboxylic acids is 1. The van der Waals surface area contributed by atoms with Crippen LogP contribution in [0, 0.1) is 0 Å². The van der Waals surface area contributed by atoms with Crippen LogP contribution in [0.15, 0.2) is 39.2 Å². The van der Waals surface area contributed by atoms with Gasteiger partial charge in [0.05, 0.1) is 12.7 Å². The standard InChI is InChI=1S/C14H13BrO3/c1-3-10-5-7-12(18-10)14(16)11-6-4-9(15)8-13(11)17-2/h4-8H,3H2,1-2H3. The summed E-state index contributed by atoms with van der Waals surface area (Å²) in [5.41, 5.74) is 0.498. The molecule has 0 aliphatic rings. The van der Waals surface area contributed by atoms with Crippen LogP contribution in [0.3, 0.4) is 0 Å². The molecule has 0 aliphatic carbocycles. The Balaban J connectivity index is 2.39. The number of halogens is 1. The Morgan fingerprint density at radius 3 is 2.72 bits per heavy atom. The van der Waals surface area contributed by atoms with Crippen molar-refractivity contribution in [3.63, 3.8) is 0 Å². The van der Waals surface area contributed by atoms with E-state index >= 15 is 0 Å². The van der Waals surface area contributed by atoms with Gasteiger partial charge in [0, 0.05) is 10.9 Å². The minimum Gasteiger partial charge on any atom is -0.496 e. The zero-order valence-corrected chi connectivity index (χ0v) is 11.8. The van der Waals surface area contributed by atoms with Crippen molar-refractivity contribution in [1.29, 1.82) is 0 Å². The molecule has 3 nitrogen and oxygen atoms in total. The van der Waals surface area contributed by atoms with Crippen LogP contribution in [0.25, 0.3) is 0 Å². The van der Waals surface area contributed by atoms with E-state index in [9.17, 15) is 4.79 Å². The largest absolute Gasteiger partial charge is 0.496 e. The number of ether oxygens (including phenoxy) is 1. The van der Waals surface area contributed by atoms with E-state index in [1.54, 1.807) is 24.3 Å². The van der Waals surface area contributed by atoms with E-state index in [0.717, 1.165) is 16.7 Å². The molecule has 2 rings (SSSR count). The van der Waals surface area contributed by atoms with Crippen LogP contribution in [-0.2, 0) is 6.42 Å². The molecular weight excluding hydrogens is 296 g/mol. The SMILES string of the molecule is CCc1ccc(C(=O)c2ccc(Br)cc2OC)o1. The van der Waals surface area contributed by atoms with E-state index in [0.29, 0.717) is 17.1 Å². The van der Waals surface area contributed by atoms with Crippen molar-refractivity contribution in [1.82, 2.24) is 0 Å². The molecule has 94 valence electrons. The number of hydrogen-bond acceptors (Lipinski definition) is 3. The van der Waals surface area contributed by atoms with Crippen LogP contribution in [0.4, 0.5) is 0 Å². The van der Waals surface area contributed by atoms with Crippen molar-refractivity contribution < 1.29 is 13.9 Å². The zero-order valence-electron chi connectivity index (χ0n) is 10.2. The highest BCUT2D eigenvalue weighted by molar-refractivity contribution is 9.10. The molecule has 0 aliphatic heterocycles. The fraction of sp³-hybridized carbons (Fsp3) is 0.214. The quantitative estimate of drug-likeness (QED) is 0.806. The Labute approximate surface area is 114 Å². The number of carbonyl (C=O) groups is 1.